The number of hydrogen-bond acceptors (Lipinski definition) is 5. The van der Waals surface area contributed by atoms with E-state index in [4.69, 9.17) is 5.73 Å². The highest BCUT2D eigenvalue weighted by atomic mass is 32.2. The highest BCUT2D eigenvalue weighted by molar-refractivity contribution is 7.89. The second-order valence-corrected chi connectivity index (χ2v) is 6.23. The van der Waals surface area contributed by atoms with Gasteiger partial charge in [-0.05, 0) is 25.0 Å². The van der Waals surface area contributed by atoms with Gasteiger partial charge < -0.3 is 5.73 Å². The van der Waals surface area contributed by atoms with Gasteiger partial charge in [0.05, 0.1) is 9.82 Å². The summed E-state index contributed by atoms with van der Waals surface area (Å²) in [6, 6.07) is 4.76. The fourth-order valence-corrected chi connectivity index (χ4v) is 3.37. The summed E-state index contributed by atoms with van der Waals surface area (Å²) < 4.78 is 27.1. The minimum atomic E-state index is -3.75. The monoisotopic (exact) mass is 301 g/mol. The first-order valence-electron chi connectivity index (χ1n) is 6.28. The van der Waals surface area contributed by atoms with Crippen LogP contribution in [0.2, 0.25) is 0 Å². The van der Waals surface area contributed by atoms with E-state index in [0.717, 1.165) is 12.1 Å². The van der Waals surface area contributed by atoms with Gasteiger partial charge in [0.25, 0.3) is 5.69 Å². The Morgan fingerprint density at radius 1 is 1.25 bits per heavy atom. The predicted octanol–water partition coefficient (Wildman–Crippen LogP) is 1.39. The minimum Gasteiger partial charge on any atom is -0.329 e. The minimum absolute atomic E-state index is 0.0113. The first kappa shape index (κ1) is 16.5. The second-order valence-electron chi connectivity index (χ2n) is 4.55. The summed E-state index contributed by atoms with van der Waals surface area (Å²) in [6.07, 6.45) is 1.12. The Morgan fingerprint density at radius 3 is 2.10 bits per heavy atom. The topological polar surface area (TPSA) is 115 Å². The third-order valence-corrected chi connectivity index (χ3v) is 5.05. The van der Waals surface area contributed by atoms with Gasteiger partial charge in [0, 0.05) is 24.2 Å². The smallest absolute Gasteiger partial charge is 0.269 e. The number of hydrogen-bond donors (Lipinski definition) is 2. The van der Waals surface area contributed by atoms with Gasteiger partial charge in [0.1, 0.15) is 0 Å². The summed E-state index contributed by atoms with van der Waals surface area (Å²) in [5.74, 6) is 0. The van der Waals surface area contributed by atoms with Gasteiger partial charge in [0.2, 0.25) is 10.0 Å². The number of nitro groups is 1. The van der Waals surface area contributed by atoms with Crippen LogP contribution in [0.15, 0.2) is 29.2 Å². The summed E-state index contributed by atoms with van der Waals surface area (Å²) in [6.45, 7) is 3.90. The van der Waals surface area contributed by atoms with Crippen LogP contribution >= 0.6 is 0 Å². The molecule has 3 N–H and O–H groups in total. The van der Waals surface area contributed by atoms with Crippen LogP contribution in [0, 0.1) is 10.1 Å². The molecule has 0 atom stereocenters. The standard InChI is InChI=1S/C12H19N3O4S/c1-3-12(4-2,9-13)14-20(18,19)11-7-5-10(6-8-11)15(16)17/h5-8,14H,3-4,9,13H2,1-2H3. The molecular weight excluding hydrogens is 282 g/mol. The van der Waals surface area contributed by atoms with E-state index in [1.54, 1.807) is 0 Å². The van der Waals surface area contributed by atoms with Crippen molar-refractivity contribution in [1.29, 1.82) is 0 Å². The molecule has 20 heavy (non-hydrogen) atoms. The van der Waals surface area contributed by atoms with Gasteiger partial charge in [-0.3, -0.25) is 10.1 Å². The Balaban J connectivity index is 3.07. The molecule has 0 fully saturated rings. The zero-order chi connectivity index (χ0) is 15.4. The molecule has 0 aliphatic heterocycles. The van der Waals surface area contributed by atoms with E-state index in [-0.39, 0.29) is 17.1 Å². The fourth-order valence-electron chi connectivity index (χ4n) is 1.82. The third kappa shape index (κ3) is 3.53. The lowest BCUT2D eigenvalue weighted by Crippen LogP contribution is -2.52. The van der Waals surface area contributed by atoms with Crippen molar-refractivity contribution in [2.45, 2.75) is 37.1 Å². The molecule has 7 nitrogen and oxygen atoms in total. The number of nitrogens with two attached hydrogens (primary N) is 1. The highest BCUT2D eigenvalue weighted by Crippen LogP contribution is 2.20. The third-order valence-electron chi connectivity index (χ3n) is 3.45. The summed E-state index contributed by atoms with van der Waals surface area (Å²) in [5, 5.41) is 10.6. The molecule has 0 saturated heterocycles. The summed E-state index contributed by atoms with van der Waals surface area (Å²) in [7, 11) is -3.75. The molecule has 112 valence electrons. The average Bonchev–Trinajstić information content (AvgIpc) is 2.45. The molecule has 0 amide bonds. The van der Waals surface area contributed by atoms with Crippen molar-refractivity contribution in [2.24, 2.45) is 5.73 Å². The molecule has 1 rings (SSSR count). The number of sulfonamides is 1. The van der Waals surface area contributed by atoms with Crippen molar-refractivity contribution in [3.63, 3.8) is 0 Å². The molecule has 0 spiro atoms. The maximum atomic E-state index is 12.3. The van der Waals surface area contributed by atoms with Crippen LogP contribution in [-0.4, -0.2) is 25.4 Å². The van der Waals surface area contributed by atoms with E-state index in [1.807, 2.05) is 13.8 Å². The van der Waals surface area contributed by atoms with Crippen LogP contribution in [0.1, 0.15) is 26.7 Å². The molecule has 1 aromatic carbocycles. The summed E-state index contributed by atoms with van der Waals surface area (Å²) in [5.41, 5.74) is 4.82. The van der Waals surface area contributed by atoms with Crippen molar-refractivity contribution in [1.82, 2.24) is 4.72 Å². The highest BCUT2D eigenvalue weighted by Gasteiger charge is 2.30. The van der Waals surface area contributed by atoms with Crippen LogP contribution in [-0.2, 0) is 10.0 Å². The SMILES string of the molecule is CCC(CC)(CN)NS(=O)(=O)c1ccc([N+](=O)[O-])cc1. The fraction of sp³-hybridized carbons (Fsp3) is 0.500. The van der Waals surface area contributed by atoms with Crippen molar-refractivity contribution < 1.29 is 13.3 Å². The Hall–Kier alpha value is -1.51. The number of nitro benzene ring substituents is 1. The van der Waals surface area contributed by atoms with Crippen LogP contribution < -0.4 is 10.5 Å². The maximum absolute atomic E-state index is 12.3. The summed E-state index contributed by atoms with van der Waals surface area (Å²) >= 11 is 0. The normalized spacial score (nSPS) is 12.3. The van der Waals surface area contributed by atoms with Gasteiger partial charge in [-0.1, -0.05) is 13.8 Å². The lowest BCUT2D eigenvalue weighted by atomic mass is 9.95. The van der Waals surface area contributed by atoms with Crippen LogP contribution in [0.25, 0.3) is 0 Å². The first-order valence-corrected chi connectivity index (χ1v) is 7.77. The van der Waals surface area contributed by atoms with E-state index < -0.39 is 20.5 Å². The quantitative estimate of drug-likeness (QED) is 0.583. The number of rotatable bonds is 7. The molecular formula is C12H19N3O4S. The molecule has 0 unspecified atom stereocenters. The van der Waals surface area contributed by atoms with E-state index in [0.29, 0.717) is 12.8 Å². The molecule has 0 heterocycles. The largest absolute Gasteiger partial charge is 0.329 e. The first-order chi connectivity index (χ1) is 9.30. The van der Waals surface area contributed by atoms with Crippen molar-refractivity contribution in [3.8, 4) is 0 Å². The number of nitrogens with zero attached hydrogens (tertiary/aromatic N) is 1. The second kappa shape index (κ2) is 6.29. The van der Waals surface area contributed by atoms with E-state index in [2.05, 4.69) is 4.72 Å². The molecule has 8 heteroatoms. The van der Waals surface area contributed by atoms with Gasteiger partial charge in [-0.2, -0.15) is 0 Å². The Kier molecular flexibility index (Phi) is 5.21. The van der Waals surface area contributed by atoms with Crippen LogP contribution in [0.4, 0.5) is 5.69 Å². The summed E-state index contributed by atoms with van der Waals surface area (Å²) in [4.78, 5) is 9.97. The predicted molar refractivity (Wildman–Crippen MR) is 75.8 cm³/mol. The molecule has 0 aliphatic carbocycles. The number of benzene rings is 1. The van der Waals surface area contributed by atoms with Gasteiger partial charge >= 0.3 is 0 Å². The zero-order valence-corrected chi connectivity index (χ0v) is 12.3. The maximum Gasteiger partial charge on any atom is 0.269 e. The van der Waals surface area contributed by atoms with Crippen molar-refractivity contribution in [2.75, 3.05) is 6.54 Å². The molecule has 0 aromatic heterocycles. The Labute approximate surface area is 118 Å². The van der Waals surface area contributed by atoms with Gasteiger partial charge in [-0.25, -0.2) is 13.1 Å². The number of non-ortho nitro benzene ring substituents is 1. The Bertz CT molecular complexity index is 557. The molecule has 0 aliphatic rings. The van der Waals surface area contributed by atoms with Crippen LogP contribution in [0.3, 0.4) is 0 Å². The molecule has 0 radical (unpaired) electrons. The average molecular weight is 301 g/mol. The van der Waals surface area contributed by atoms with Gasteiger partial charge in [-0.15, -0.1) is 0 Å². The van der Waals surface area contributed by atoms with Gasteiger partial charge in [0.15, 0.2) is 0 Å². The van der Waals surface area contributed by atoms with Crippen molar-refractivity contribution >= 4 is 15.7 Å². The van der Waals surface area contributed by atoms with E-state index >= 15 is 0 Å². The van der Waals surface area contributed by atoms with Crippen LogP contribution in [0.5, 0.6) is 0 Å². The zero-order valence-electron chi connectivity index (χ0n) is 11.5. The Morgan fingerprint density at radius 2 is 1.75 bits per heavy atom. The van der Waals surface area contributed by atoms with E-state index in [1.165, 1.54) is 12.1 Å². The number of nitrogens with one attached hydrogen (secondary N) is 1. The molecule has 1 aromatic rings. The molecule has 0 bridgehead atoms. The molecule has 0 saturated carbocycles. The van der Waals surface area contributed by atoms with E-state index in [9.17, 15) is 18.5 Å². The lowest BCUT2D eigenvalue weighted by molar-refractivity contribution is -0.384. The lowest BCUT2D eigenvalue weighted by Gasteiger charge is -2.30. The van der Waals surface area contributed by atoms with Crippen molar-refractivity contribution in [3.05, 3.63) is 34.4 Å².